The van der Waals surface area contributed by atoms with Gasteiger partial charge in [0.15, 0.2) is 0 Å². The Morgan fingerprint density at radius 3 is 2.66 bits per heavy atom. The van der Waals surface area contributed by atoms with E-state index in [0.717, 1.165) is 47.7 Å². The molecule has 0 spiro atoms. The molecule has 7 heteroatoms. The van der Waals surface area contributed by atoms with E-state index in [1.165, 1.54) is 0 Å². The minimum absolute atomic E-state index is 0.0659. The molecular formula is C25H25ClN4O2. The van der Waals surface area contributed by atoms with E-state index in [0.29, 0.717) is 22.6 Å². The Kier molecular flexibility index (Phi) is 5.47. The van der Waals surface area contributed by atoms with Crippen molar-refractivity contribution in [1.29, 1.82) is 0 Å². The summed E-state index contributed by atoms with van der Waals surface area (Å²) >= 11 is 5.99. The Bertz CT molecular complexity index is 1360. The van der Waals surface area contributed by atoms with Crippen molar-refractivity contribution in [3.05, 3.63) is 75.3 Å². The molecular weight excluding hydrogens is 424 g/mol. The van der Waals surface area contributed by atoms with Crippen LogP contribution in [0.2, 0.25) is 5.02 Å². The highest BCUT2D eigenvalue weighted by atomic mass is 35.5. The summed E-state index contributed by atoms with van der Waals surface area (Å²) in [6.07, 6.45) is 5.93. The van der Waals surface area contributed by atoms with Crippen molar-refractivity contribution in [2.45, 2.75) is 51.7 Å². The molecule has 6 nitrogen and oxygen atoms in total. The lowest BCUT2D eigenvalue weighted by Crippen LogP contribution is -2.35. The van der Waals surface area contributed by atoms with Crippen LogP contribution in [0.15, 0.2) is 53.6 Å². The lowest BCUT2D eigenvalue weighted by molar-refractivity contribution is -0.122. The van der Waals surface area contributed by atoms with Crippen molar-refractivity contribution in [2.75, 3.05) is 0 Å². The highest BCUT2D eigenvalue weighted by Crippen LogP contribution is 2.27. The normalized spacial score (nSPS) is 14.4. The third-order valence-electron chi connectivity index (χ3n) is 6.27. The van der Waals surface area contributed by atoms with Crippen LogP contribution in [-0.4, -0.2) is 26.1 Å². The second kappa shape index (κ2) is 8.43. The van der Waals surface area contributed by atoms with Gasteiger partial charge >= 0.3 is 0 Å². The van der Waals surface area contributed by atoms with Crippen molar-refractivity contribution in [3.63, 3.8) is 0 Å². The van der Waals surface area contributed by atoms with Gasteiger partial charge in [0.2, 0.25) is 5.91 Å². The van der Waals surface area contributed by atoms with E-state index in [1.807, 2.05) is 41.8 Å². The van der Waals surface area contributed by atoms with Crippen molar-refractivity contribution in [3.8, 4) is 0 Å². The van der Waals surface area contributed by atoms with E-state index in [-0.39, 0.29) is 24.1 Å². The molecule has 2 heterocycles. The third kappa shape index (κ3) is 3.91. The average Bonchev–Trinajstić information content (AvgIpc) is 3.38. The number of carbonyl (C=O) groups excluding carboxylic acids is 1. The second-order valence-electron chi connectivity index (χ2n) is 8.66. The zero-order chi connectivity index (χ0) is 22.2. The molecule has 0 atom stereocenters. The molecule has 1 aliphatic rings. The van der Waals surface area contributed by atoms with Crippen molar-refractivity contribution in [1.82, 2.24) is 19.4 Å². The van der Waals surface area contributed by atoms with E-state index >= 15 is 0 Å². The minimum Gasteiger partial charge on any atom is -0.352 e. The van der Waals surface area contributed by atoms with Gasteiger partial charge in [0.25, 0.3) is 5.56 Å². The number of hydrogen-bond donors (Lipinski definition) is 1. The molecule has 4 aromatic rings. The molecule has 0 bridgehead atoms. The first-order valence-electron chi connectivity index (χ1n) is 11.0. The number of nitrogens with one attached hydrogen (secondary N) is 1. The van der Waals surface area contributed by atoms with E-state index in [4.69, 9.17) is 11.6 Å². The Labute approximate surface area is 190 Å². The first-order valence-corrected chi connectivity index (χ1v) is 11.4. The van der Waals surface area contributed by atoms with Gasteiger partial charge in [-0.2, -0.15) is 0 Å². The summed E-state index contributed by atoms with van der Waals surface area (Å²) in [4.78, 5) is 31.1. The SMILES string of the molecule is Cc1ccc2c(c1)c1ncn(Cc3ccc(Cl)cc3)c(=O)c1n2CC(=O)NC1CCCC1. The van der Waals surface area contributed by atoms with Crippen molar-refractivity contribution >= 4 is 39.4 Å². The molecule has 1 fully saturated rings. The molecule has 5 rings (SSSR count). The molecule has 1 amide bonds. The summed E-state index contributed by atoms with van der Waals surface area (Å²) in [5.74, 6) is -0.0659. The van der Waals surface area contributed by atoms with E-state index in [2.05, 4.69) is 10.3 Å². The lowest BCUT2D eigenvalue weighted by atomic mass is 10.1. The van der Waals surface area contributed by atoms with Crippen LogP contribution in [0.4, 0.5) is 0 Å². The molecule has 0 saturated heterocycles. The van der Waals surface area contributed by atoms with Gasteiger partial charge < -0.3 is 9.88 Å². The average molecular weight is 449 g/mol. The fourth-order valence-corrected chi connectivity index (χ4v) is 4.79. The van der Waals surface area contributed by atoms with Crippen LogP contribution in [0.5, 0.6) is 0 Å². The topological polar surface area (TPSA) is 68.9 Å². The summed E-state index contributed by atoms with van der Waals surface area (Å²) in [5.41, 5.74) is 3.82. The second-order valence-corrected chi connectivity index (χ2v) is 9.09. The number of halogens is 1. The monoisotopic (exact) mass is 448 g/mol. The van der Waals surface area contributed by atoms with Crippen LogP contribution < -0.4 is 10.9 Å². The van der Waals surface area contributed by atoms with Crippen LogP contribution in [0, 0.1) is 6.92 Å². The molecule has 0 radical (unpaired) electrons. The summed E-state index contributed by atoms with van der Waals surface area (Å²) < 4.78 is 3.41. The number of aryl methyl sites for hydroxylation is 1. The predicted molar refractivity (Wildman–Crippen MR) is 127 cm³/mol. The summed E-state index contributed by atoms with van der Waals surface area (Å²) in [5, 5.41) is 4.68. The number of amides is 1. The maximum absolute atomic E-state index is 13.5. The van der Waals surface area contributed by atoms with Crippen LogP contribution in [0.3, 0.4) is 0 Å². The number of fused-ring (bicyclic) bond motifs is 3. The molecule has 1 N–H and O–H groups in total. The van der Waals surface area contributed by atoms with Gasteiger partial charge in [0, 0.05) is 16.5 Å². The highest BCUT2D eigenvalue weighted by molar-refractivity contribution is 6.30. The smallest absolute Gasteiger partial charge is 0.278 e. The van der Waals surface area contributed by atoms with Crippen LogP contribution in [0.25, 0.3) is 21.9 Å². The maximum atomic E-state index is 13.5. The van der Waals surface area contributed by atoms with Crippen LogP contribution in [0.1, 0.15) is 36.8 Å². The summed E-state index contributed by atoms with van der Waals surface area (Å²) in [6, 6.07) is 13.6. The number of nitrogens with zero attached hydrogens (tertiary/aromatic N) is 3. The standard InChI is InChI=1S/C25H25ClN4O2/c1-16-6-11-21-20(12-16)23-24(30(21)14-22(31)28-19-4-2-3-5-19)25(32)29(15-27-23)13-17-7-9-18(26)10-8-17/h6-12,15,19H,2-5,13-14H2,1H3,(H,28,31). The molecule has 2 aromatic heterocycles. The van der Waals surface area contributed by atoms with Crippen LogP contribution in [-0.2, 0) is 17.9 Å². The van der Waals surface area contributed by atoms with Gasteiger partial charge in [0.05, 0.1) is 18.4 Å². The number of rotatable bonds is 5. The largest absolute Gasteiger partial charge is 0.352 e. The van der Waals surface area contributed by atoms with Gasteiger partial charge in [-0.15, -0.1) is 0 Å². The Morgan fingerprint density at radius 1 is 1.16 bits per heavy atom. The van der Waals surface area contributed by atoms with E-state index in [1.54, 1.807) is 23.0 Å². The lowest BCUT2D eigenvalue weighted by Gasteiger charge is -2.13. The predicted octanol–water partition coefficient (Wildman–Crippen LogP) is 4.42. The van der Waals surface area contributed by atoms with Gasteiger partial charge in [-0.25, -0.2) is 4.98 Å². The fourth-order valence-electron chi connectivity index (χ4n) is 4.66. The van der Waals surface area contributed by atoms with Crippen molar-refractivity contribution < 1.29 is 4.79 Å². The molecule has 0 unspecified atom stereocenters. The summed E-state index contributed by atoms with van der Waals surface area (Å²) in [6.45, 7) is 2.49. The highest BCUT2D eigenvalue weighted by Gasteiger charge is 2.21. The maximum Gasteiger partial charge on any atom is 0.278 e. The first kappa shape index (κ1) is 20.8. The van der Waals surface area contributed by atoms with Gasteiger partial charge in [-0.1, -0.05) is 48.2 Å². The molecule has 1 aliphatic carbocycles. The number of hydrogen-bond acceptors (Lipinski definition) is 3. The van der Waals surface area contributed by atoms with Gasteiger partial charge in [-0.3, -0.25) is 14.2 Å². The zero-order valence-electron chi connectivity index (χ0n) is 18.0. The number of aromatic nitrogens is 3. The zero-order valence-corrected chi connectivity index (χ0v) is 18.7. The van der Waals surface area contributed by atoms with E-state index in [9.17, 15) is 9.59 Å². The number of benzene rings is 2. The van der Waals surface area contributed by atoms with Crippen LogP contribution >= 0.6 is 11.6 Å². The fraction of sp³-hybridized carbons (Fsp3) is 0.320. The first-order chi connectivity index (χ1) is 15.5. The van der Waals surface area contributed by atoms with Gasteiger partial charge in [0.1, 0.15) is 17.6 Å². The molecule has 32 heavy (non-hydrogen) atoms. The molecule has 0 aliphatic heterocycles. The third-order valence-corrected chi connectivity index (χ3v) is 6.52. The minimum atomic E-state index is -0.160. The molecule has 1 saturated carbocycles. The van der Waals surface area contributed by atoms with Crippen molar-refractivity contribution in [2.24, 2.45) is 0 Å². The van der Waals surface area contributed by atoms with Gasteiger partial charge in [-0.05, 0) is 49.6 Å². The Balaban J connectivity index is 1.59. The Morgan fingerprint density at radius 2 is 1.91 bits per heavy atom. The molecule has 2 aromatic carbocycles. The Hall–Kier alpha value is -3.12. The number of carbonyl (C=O) groups is 1. The van der Waals surface area contributed by atoms with E-state index < -0.39 is 0 Å². The quantitative estimate of drug-likeness (QED) is 0.491. The molecule has 164 valence electrons. The summed E-state index contributed by atoms with van der Waals surface area (Å²) in [7, 11) is 0.